The second-order valence-electron chi connectivity index (χ2n) is 5.57. The van der Waals surface area contributed by atoms with Crippen LogP contribution in [0.4, 0.5) is 0 Å². The maximum atomic E-state index is 10.4. The molecule has 0 heterocycles. The van der Waals surface area contributed by atoms with Gasteiger partial charge in [-0.15, -0.1) is 0 Å². The van der Waals surface area contributed by atoms with E-state index in [1.807, 2.05) is 19.1 Å². The fourth-order valence-electron chi connectivity index (χ4n) is 1.87. The second-order valence-corrected chi connectivity index (χ2v) is 5.57. The number of allylic oxidation sites excluding steroid dienone is 7. The fraction of sp³-hybridized carbons (Fsp3) is 0.450. The molecule has 3 unspecified atom stereocenters. The van der Waals surface area contributed by atoms with E-state index in [-0.39, 0.29) is 12.8 Å². The van der Waals surface area contributed by atoms with Crippen LogP contribution in [0.15, 0.2) is 60.8 Å². The summed E-state index contributed by atoms with van der Waals surface area (Å²) in [4.78, 5) is 10.4. The highest BCUT2D eigenvalue weighted by atomic mass is 16.4. The molecule has 0 fully saturated rings. The molecule has 0 aromatic rings. The Balaban J connectivity index is 4.02. The molecule has 0 saturated heterocycles. The summed E-state index contributed by atoms with van der Waals surface area (Å²) in [6.07, 6.45) is 17.2. The predicted molar refractivity (Wildman–Crippen MR) is 100 cm³/mol. The van der Waals surface area contributed by atoms with Gasteiger partial charge in [0.25, 0.3) is 0 Å². The van der Waals surface area contributed by atoms with E-state index in [9.17, 15) is 20.1 Å². The van der Waals surface area contributed by atoms with Crippen LogP contribution in [-0.4, -0.2) is 44.7 Å². The van der Waals surface area contributed by atoms with Crippen LogP contribution in [0, 0.1) is 0 Å². The van der Waals surface area contributed by atoms with Gasteiger partial charge in [-0.2, -0.15) is 0 Å². The lowest BCUT2D eigenvalue weighted by Crippen LogP contribution is -2.23. The molecule has 0 aromatic heterocycles. The molecule has 0 aliphatic carbocycles. The number of aliphatic hydroxyl groups is 3. The Morgan fingerprint density at radius 1 is 0.920 bits per heavy atom. The Kier molecular flexibility index (Phi) is 14.4. The molecule has 4 N–H and O–H groups in total. The minimum atomic E-state index is -1.02. The van der Waals surface area contributed by atoms with Crippen molar-refractivity contribution in [2.24, 2.45) is 0 Å². The van der Waals surface area contributed by atoms with Gasteiger partial charge in [-0.25, -0.2) is 0 Å². The van der Waals surface area contributed by atoms with E-state index in [0.717, 1.165) is 6.42 Å². The number of aliphatic carboxylic acids is 1. The molecule has 0 aliphatic rings. The first kappa shape index (κ1) is 23.1. The van der Waals surface area contributed by atoms with Gasteiger partial charge in [-0.05, 0) is 25.7 Å². The lowest BCUT2D eigenvalue weighted by Gasteiger charge is -2.13. The standard InChI is InChI=1S/C20H30O5/c1-2-3-8-12-17(21)13-9-6-4-5-7-10-14-18(22)19(23)15-11-16-20(24)25/h3-10,13-14,17-19,21-23H,2,11-12,15-16H2,1H3,(H,24,25)/b6-4?,7-5+,8-3?,13-9?,14-10+. The zero-order valence-corrected chi connectivity index (χ0v) is 14.7. The molecular formula is C20H30O5. The summed E-state index contributed by atoms with van der Waals surface area (Å²) in [6, 6.07) is 0. The minimum absolute atomic E-state index is 0.0186. The summed E-state index contributed by atoms with van der Waals surface area (Å²) in [5.74, 6) is -0.911. The third-order valence-corrected chi connectivity index (χ3v) is 3.26. The van der Waals surface area contributed by atoms with Gasteiger partial charge in [-0.1, -0.05) is 67.7 Å². The van der Waals surface area contributed by atoms with Crippen LogP contribution in [0.3, 0.4) is 0 Å². The number of aliphatic hydroxyl groups excluding tert-OH is 3. The highest BCUT2D eigenvalue weighted by molar-refractivity contribution is 5.66. The van der Waals surface area contributed by atoms with Gasteiger partial charge in [0.15, 0.2) is 0 Å². The lowest BCUT2D eigenvalue weighted by atomic mass is 10.1. The molecular weight excluding hydrogens is 320 g/mol. The van der Waals surface area contributed by atoms with E-state index >= 15 is 0 Å². The van der Waals surface area contributed by atoms with Crippen LogP contribution >= 0.6 is 0 Å². The van der Waals surface area contributed by atoms with Gasteiger partial charge < -0.3 is 20.4 Å². The topological polar surface area (TPSA) is 98.0 Å². The quantitative estimate of drug-likeness (QED) is 0.302. The Morgan fingerprint density at radius 2 is 1.52 bits per heavy atom. The van der Waals surface area contributed by atoms with Gasteiger partial charge in [0.1, 0.15) is 0 Å². The Hall–Kier alpha value is -1.95. The van der Waals surface area contributed by atoms with Crippen molar-refractivity contribution in [2.75, 3.05) is 0 Å². The molecule has 0 radical (unpaired) electrons. The molecule has 3 atom stereocenters. The summed E-state index contributed by atoms with van der Waals surface area (Å²) in [6.45, 7) is 2.04. The van der Waals surface area contributed by atoms with E-state index in [4.69, 9.17) is 5.11 Å². The van der Waals surface area contributed by atoms with Crippen molar-refractivity contribution in [1.82, 2.24) is 0 Å². The molecule has 0 aliphatic heterocycles. The highest BCUT2D eigenvalue weighted by Gasteiger charge is 2.12. The van der Waals surface area contributed by atoms with Crippen molar-refractivity contribution in [3.63, 3.8) is 0 Å². The number of rotatable bonds is 13. The lowest BCUT2D eigenvalue weighted by molar-refractivity contribution is -0.137. The third kappa shape index (κ3) is 15.3. The van der Waals surface area contributed by atoms with Crippen LogP contribution in [0.2, 0.25) is 0 Å². The first-order chi connectivity index (χ1) is 12.0. The minimum Gasteiger partial charge on any atom is -0.481 e. The van der Waals surface area contributed by atoms with Crippen molar-refractivity contribution in [3.05, 3.63) is 60.8 Å². The second kappa shape index (κ2) is 15.6. The van der Waals surface area contributed by atoms with Crippen LogP contribution in [0.5, 0.6) is 0 Å². The average molecular weight is 350 g/mol. The fourth-order valence-corrected chi connectivity index (χ4v) is 1.87. The normalized spacial score (nSPS) is 16.6. The number of hydrogen-bond acceptors (Lipinski definition) is 4. The predicted octanol–water partition coefficient (Wildman–Crippen LogP) is 2.91. The molecule has 140 valence electrons. The number of carboxylic acids is 1. The first-order valence-corrected chi connectivity index (χ1v) is 8.56. The van der Waals surface area contributed by atoms with Crippen LogP contribution in [-0.2, 0) is 4.79 Å². The van der Waals surface area contributed by atoms with Crippen LogP contribution in [0.1, 0.15) is 39.0 Å². The van der Waals surface area contributed by atoms with Gasteiger partial charge in [0, 0.05) is 6.42 Å². The van der Waals surface area contributed by atoms with Crippen molar-refractivity contribution >= 4 is 5.97 Å². The molecule has 0 spiro atoms. The van der Waals surface area contributed by atoms with Crippen LogP contribution in [0.25, 0.3) is 0 Å². The zero-order valence-electron chi connectivity index (χ0n) is 14.7. The number of carbonyl (C=O) groups is 1. The molecule has 0 aromatic carbocycles. The number of hydrogen-bond donors (Lipinski definition) is 4. The Bertz CT molecular complexity index is 488. The van der Waals surface area contributed by atoms with Gasteiger partial charge in [0.05, 0.1) is 18.3 Å². The third-order valence-electron chi connectivity index (χ3n) is 3.26. The summed E-state index contributed by atoms with van der Waals surface area (Å²) in [5.41, 5.74) is 0. The monoisotopic (exact) mass is 350 g/mol. The average Bonchev–Trinajstić information content (AvgIpc) is 2.56. The van der Waals surface area contributed by atoms with E-state index in [1.54, 1.807) is 42.5 Å². The van der Waals surface area contributed by atoms with E-state index in [1.165, 1.54) is 6.08 Å². The maximum Gasteiger partial charge on any atom is 0.303 e. The van der Waals surface area contributed by atoms with Gasteiger partial charge in [0.2, 0.25) is 0 Å². The maximum absolute atomic E-state index is 10.4. The van der Waals surface area contributed by atoms with Crippen LogP contribution < -0.4 is 0 Å². The molecule has 5 nitrogen and oxygen atoms in total. The molecule has 0 rings (SSSR count). The first-order valence-electron chi connectivity index (χ1n) is 8.56. The SMILES string of the molecule is CCC=CCC(O)C=CC=C/C=C/C=C/C(O)C(O)CCCC(=O)O. The summed E-state index contributed by atoms with van der Waals surface area (Å²) in [7, 11) is 0. The summed E-state index contributed by atoms with van der Waals surface area (Å²) in [5, 5.41) is 37.5. The zero-order chi connectivity index (χ0) is 18.9. The number of carboxylic acid groups (broad SMARTS) is 1. The molecule has 0 amide bonds. The van der Waals surface area contributed by atoms with Crippen molar-refractivity contribution < 1.29 is 25.2 Å². The Labute approximate surface area is 150 Å². The van der Waals surface area contributed by atoms with Gasteiger partial charge in [-0.3, -0.25) is 4.79 Å². The van der Waals surface area contributed by atoms with Crippen molar-refractivity contribution in [2.45, 2.75) is 57.3 Å². The summed E-state index contributed by atoms with van der Waals surface area (Å²) < 4.78 is 0. The van der Waals surface area contributed by atoms with Gasteiger partial charge >= 0.3 is 5.97 Å². The van der Waals surface area contributed by atoms with Crippen molar-refractivity contribution in [3.8, 4) is 0 Å². The molecule has 25 heavy (non-hydrogen) atoms. The Morgan fingerprint density at radius 3 is 2.12 bits per heavy atom. The molecule has 0 bridgehead atoms. The molecule has 5 heteroatoms. The smallest absolute Gasteiger partial charge is 0.303 e. The van der Waals surface area contributed by atoms with E-state index < -0.39 is 24.3 Å². The molecule has 0 saturated carbocycles. The van der Waals surface area contributed by atoms with Crippen molar-refractivity contribution in [1.29, 1.82) is 0 Å². The highest BCUT2D eigenvalue weighted by Crippen LogP contribution is 2.06. The summed E-state index contributed by atoms with van der Waals surface area (Å²) >= 11 is 0. The van der Waals surface area contributed by atoms with E-state index in [0.29, 0.717) is 12.8 Å². The largest absolute Gasteiger partial charge is 0.481 e. The van der Waals surface area contributed by atoms with E-state index in [2.05, 4.69) is 0 Å².